The van der Waals surface area contributed by atoms with Crippen LogP contribution in [0.15, 0.2) is 24.3 Å². The van der Waals surface area contributed by atoms with Crippen LogP contribution in [0.4, 0.5) is 4.79 Å². The Morgan fingerprint density at radius 3 is 2.65 bits per heavy atom. The number of fused-ring (bicyclic) bond motifs is 1. The Morgan fingerprint density at radius 1 is 1.41 bits per heavy atom. The van der Waals surface area contributed by atoms with Gasteiger partial charge in [0.1, 0.15) is 5.82 Å². The number of hydrogen-bond donors (Lipinski definition) is 1. The molecule has 4 nitrogen and oxygen atoms in total. The van der Waals surface area contributed by atoms with Crippen LogP contribution in [0.5, 0.6) is 0 Å². The number of carbonyl (C=O) groups is 1. The van der Waals surface area contributed by atoms with E-state index in [-0.39, 0.29) is 5.41 Å². The predicted molar refractivity (Wildman–Crippen MR) is 66.5 cm³/mol. The smallest absolute Gasteiger partial charge is 0.417 e. The van der Waals surface area contributed by atoms with Crippen molar-refractivity contribution >= 4 is 17.1 Å². The van der Waals surface area contributed by atoms with Crippen molar-refractivity contribution in [3.05, 3.63) is 30.1 Å². The Balaban J connectivity index is 2.79. The average molecular weight is 232 g/mol. The Bertz CT molecular complexity index is 570. The van der Waals surface area contributed by atoms with Gasteiger partial charge in [0, 0.05) is 5.41 Å². The van der Waals surface area contributed by atoms with Crippen molar-refractivity contribution in [3.8, 4) is 0 Å². The summed E-state index contributed by atoms with van der Waals surface area (Å²) in [7, 11) is 0. The fourth-order valence-electron chi connectivity index (χ4n) is 1.83. The third-order valence-corrected chi connectivity index (χ3v) is 3.24. The van der Waals surface area contributed by atoms with E-state index in [1.807, 2.05) is 39.0 Å². The first-order chi connectivity index (χ1) is 7.97. The summed E-state index contributed by atoms with van der Waals surface area (Å²) in [5, 5.41) is 9.33. The van der Waals surface area contributed by atoms with Gasteiger partial charge in [-0.3, -0.25) is 0 Å². The van der Waals surface area contributed by atoms with Crippen molar-refractivity contribution in [2.75, 3.05) is 0 Å². The largest absolute Gasteiger partial charge is 0.464 e. The molecule has 0 radical (unpaired) electrons. The molecule has 0 fully saturated rings. The van der Waals surface area contributed by atoms with E-state index in [1.165, 1.54) is 4.57 Å². The topological polar surface area (TPSA) is 55.1 Å². The number of para-hydroxylation sites is 2. The van der Waals surface area contributed by atoms with Gasteiger partial charge >= 0.3 is 6.09 Å². The summed E-state index contributed by atoms with van der Waals surface area (Å²) in [5.41, 5.74) is 1.13. The van der Waals surface area contributed by atoms with E-state index in [1.54, 1.807) is 6.07 Å². The maximum atomic E-state index is 11.4. The minimum Gasteiger partial charge on any atom is -0.464 e. The molecule has 0 amide bonds. The highest BCUT2D eigenvalue weighted by Crippen LogP contribution is 2.29. The first-order valence-electron chi connectivity index (χ1n) is 5.68. The van der Waals surface area contributed by atoms with Gasteiger partial charge in [0.2, 0.25) is 0 Å². The molecule has 1 aromatic carbocycles. The summed E-state index contributed by atoms with van der Waals surface area (Å²) < 4.78 is 1.29. The highest BCUT2D eigenvalue weighted by atomic mass is 16.4. The molecule has 0 saturated carbocycles. The zero-order chi connectivity index (χ0) is 12.6. The predicted octanol–water partition coefficient (Wildman–Crippen LogP) is 3.25. The van der Waals surface area contributed by atoms with Gasteiger partial charge in [-0.2, -0.15) is 0 Å². The maximum absolute atomic E-state index is 11.4. The highest BCUT2D eigenvalue weighted by molar-refractivity contribution is 5.86. The van der Waals surface area contributed by atoms with E-state index >= 15 is 0 Å². The van der Waals surface area contributed by atoms with Crippen molar-refractivity contribution < 1.29 is 9.90 Å². The Hall–Kier alpha value is -1.84. The first-order valence-corrected chi connectivity index (χ1v) is 5.68. The van der Waals surface area contributed by atoms with Gasteiger partial charge in [0.15, 0.2) is 0 Å². The van der Waals surface area contributed by atoms with E-state index < -0.39 is 6.09 Å². The number of hydrogen-bond acceptors (Lipinski definition) is 2. The van der Waals surface area contributed by atoms with E-state index in [2.05, 4.69) is 4.98 Å². The third kappa shape index (κ3) is 1.79. The Labute approximate surface area is 99.9 Å². The molecule has 2 rings (SSSR count). The molecule has 1 N–H and O–H groups in total. The van der Waals surface area contributed by atoms with Crippen LogP contribution in [0.25, 0.3) is 11.0 Å². The van der Waals surface area contributed by atoms with Crippen molar-refractivity contribution in [2.45, 2.75) is 32.6 Å². The summed E-state index contributed by atoms with van der Waals surface area (Å²) in [4.78, 5) is 15.8. The van der Waals surface area contributed by atoms with Crippen LogP contribution in [-0.4, -0.2) is 20.8 Å². The van der Waals surface area contributed by atoms with Gasteiger partial charge in [-0.25, -0.2) is 14.3 Å². The lowest BCUT2D eigenvalue weighted by atomic mass is 9.89. The maximum Gasteiger partial charge on any atom is 0.417 e. The molecule has 1 heterocycles. The van der Waals surface area contributed by atoms with Crippen molar-refractivity contribution in [3.63, 3.8) is 0 Å². The van der Waals surface area contributed by atoms with Gasteiger partial charge < -0.3 is 5.11 Å². The standard InChI is InChI=1S/C13H16N2O2/c1-4-13(2,3)11-14-9-7-5-6-8-10(9)15(11)12(16)17/h5-8H,4H2,1-3H3,(H,16,17). The molecule has 1 aromatic heterocycles. The number of nitrogens with zero attached hydrogens (tertiary/aromatic N) is 2. The first kappa shape index (κ1) is 11.6. The van der Waals surface area contributed by atoms with Crippen LogP contribution >= 0.6 is 0 Å². The minimum atomic E-state index is -0.977. The average Bonchev–Trinajstić information content (AvgIpc) is 2.68. The fraction of sp³-hybridized carbons (Fsp3) is 0.385. The quantitative estimate of drug-likeness (QED) is 0.864. The number of aromatic nitrogens is 2. The van der Waals surface area contributed by atoms with Crippen LogP contribution in [0.1, 0.15) is 33.0 Å². The summed E-state index contributed by atoms with van der Waals surface area (Å²) >= 11 is 0. The molecule has 2 aromatic rings. The number of carboxylic acid groups (broad SMARTS) is 1. The molecule has 0 bridgehead atoms. The number of benzene rings is 1. The second-order valence-corrected chi connectivity index (χ2v) is 4.78. The minimum absolute atomic E-state index is 0.253. The van der Waals surface area contributed by atoms with Gasteiger partial charge in [-0.15, -0.1) is 0 Å². The van der Waals surface area contributed by atoms with Crippen molar-refractivity contribution in [1.29, 1.82) is 0 Å². The molecule has 0 spiro atoms. The van der Waals surface area contributed by atoms with Crippen LogP contribution in [0.3, 0.4) is 0 Å². The SMILES string of the molecule is CCC(C)(C)c1nc2ccccc2n1C(=O)O. The normalized spacial score (nSPS) is 11.9. The number of rotatable bonds is 2. The van der Waals surface area contributed by atoms with Gasteiger partial charge in [0.05, 0.1) is 11.0 Å². The lowest BCUT2D eigenvalue weighted by Gasteiger charge is -2.21. The molecule has 0 aliphatic carbocycles. The monoisotopic (exact) mass is 232 g/mol. The van der Waals surface area contributed by atoms with E-state index in [9.17, 15) is 9.90 Å². The summed E-state index contributed by atoms with van der Waals surface area (Å²) in [6.45, 7) is 6.05. The fourth-order valence-corrected chi connectivity index (χ4v) is 1.83. The second kappa shape index (κ2) is 3.87. The van der Waals surface area contributed by atoms with Crippen LogP contribution in [0.2, 0.25) is 0 Å². The van der Waals surface area contributed by atoms with E-state index in [0.717, 1.165) is 11.9 Å². The molecule has 0 aliphatic rings. The molecular formula is C13H16N2O2. The molecule has 0 unspecified atom stereocenters. The summed E-state index contributed by atoms with van der Waals surface area (Å²) in [6, 6.07) is 7.31. The van der Waals surface area contributed by atoms with Crippen molar-refractivity contribution in [1.82, 2.24) is 9.55 Å². The van der Waals surface area contributed by atoms with E-state index in [0.29, 0.717) is 11.3 Å². The van der Waals surface area contributed by atoms with Gasteiger partial charge in [-0.05, 0) is 18.6 Å². The second-order valence-electron chi connectivity index (χ2n) is 4.78. The molecule has 0 aliphatic heterocycles. The van der Waals surface area contributed by atoms with Gasteiger partial charge in [-0.1, -0.05) is 32.9 Å². The van der Waals surface area contributed by atoms with E-state index in [4.69, 9.17) is 0 Å². The Morgan fingerprint density at radius 2 is 2.06 bits per heavy atom. The summed E-state index contributed by atoms with van der Waals surface area (Å²) in [5.74, 6) is 0.605. The lowest BCUT2D eigenvalue weighted by Crippen LogP contribution is -2.25. The zero-order valence-corrected chi connectivity index (χ0v) is 10.3. The van der Waals surface area contributed by atoms with Crippen molar-refractivity contribution in [2.24, 2.45) is 0 Å². The summed E-state index contributed by atoms with van der Waals surface area (Å²) in [6.07, 6.45) is -0.140. The van der Waals surface area contributed by atoms with Crippen LogP contribution in [-0.2, 0) is 5.41 Å². The van der Waals surface area contributed by atoms with Crippen LogP contribution < -0.4 is 0 Å². The lowest BCUT2D eigenvalue weighted by molar-refractivity contribution is 0.195. The molecule has 0 atom stereocenters. The van der Waals surface area contributed by atoms with Gasteiger partial charge in [0.25, 0.3) is 0 Å². The molecule has 17 heavy (non-hydrogen) atoms. The molecule has 4 heteroatoms. The molecule has 0 saturated heterocycles. The molecule has 90 valence electrons. The Kier molecular flexibility index (Phi) is 2.65. The molecular weight excluding hydrogens is 216 g/mol. The highest BCUT2D eigenvalue weighted by Gasteiger charge is 2.28. The zero-order valence-electron chi connectivity index (χ0n) is 10.3. The van der Waals surface area contributed by atoms with Crippen LogP contribution in [0, 0.1) is 0 Å². The third-order valence-electron chi connectivity index (χ3n) is 3.24. The number of imidazole rings is 1.